The first-order valence-electron chi connectivity index (χ1n) is 10.6. The summed E-state index contributed by atoms with van der Waals surface area (Å²) in [7, 11) is 7.15. The molecule has 0 aromatic heterocycles. The van der Waals surface area contributed by atoms with Crippen molar-refractivity contribution in [1.82, 2.24) is 4.90 Å². The lowest BCUT2D eigenvalue weighted by molar-refractivity contribution is 0.175. The van der Waals surface area contributed by atoms with Crippen LogP contribution in [0, 0.1) is 6.92 Å². The zero-order valence-corrected chi connectivity index (χ0v) is 19.4. The summed E-state index contributed by atoms with van der Waals surface area (Å²) in [6.45, 7) is 6.48. The average molecular weight is 422 g/mol. The molecule has 0 saturated carbocycles. The van der Waals surface area contributed by atoms with Crippen LogP contribution in [0.2, 0.25) is 0 Å². The second-order valence-electron chi connectivity index (χ2n) is 8.41. The van der Waals surface area contributed by atoms with Crippen LogP contribution in [0.5, 0.6) is 23.0 Å². The SMILES string of the molecule is COc1cc(O)c(-c2c(C)cc(OC)c3c(OC)cccc23)c2c1[C@@H](C)N(C)[C@H](C)C2. The molecule has 0 aliphatic carbocycles. The molecule has 31 heavy (non-hydrogen) atoms. The van der Waals surface area contributed by atoms with E-state index in [1.54, 1.807) is 27.4 Å². The van der Waals surface area contributed by atoms with Gasteiger partial charge in [-0.25, -0.2) is 0 Å². The molecule has 2 atom stereocenters. The number of aryl methyl sites for hydroxylation is 1. The van der Waals surface area contributed by atoms with Crippen molar-refractivity contribution in [3.63, 3.8) is 0 Å². The highest BCUT2D eigenvalue weighted by Gasteiger charge is 2.33. The van der Waals surface area contributed by atoms with Crippen molar-refractivity contribution >= 4 is 10.8 Å². The summed E-state index contributed by atoms with van der Waals surface area (Å²) in [6.07, 6.45) is 0.827. The summed E-state index contributed by atoms with van der Waals surface area (Å²) in [5.74, 6) is 2.48. The zero-order chi connectivity index (χ0) is 22.4. The van der Waals surface area contributed by atoms with Gasteiger partial charge in [-0.15, -0.1) is 0 Å². The number of benzene rings is 3. The van der Waals surface area contributed by atoms with Crippen LogP contribution in [0.15, 0.2) is 30.3 Å². The fourth-order valence-corrected chi connectivity index (χ4v) is 5.06. The predicted octanol–water partition coefficient (Wildman–Crippen LogP) is 5.48. The molecule has 5 heteroatoms. The second-order valence-corrected chi connectivity index (χ2v) is 8.41. The lowest BCUT2D eigenvalue weighted by Crippen LogP contribution is -2.38. The maximum Gasteiger partial charge on any atom is 0.130 e. The number of methoxy groups -OCH3 is 3. The summed E-state index contributed by atoms with van der Waals surface area (Å²) in [4.78, 5) is 2.35. The molecule has 1 aliphatic rings. The van der Waals surface area contributed by atoms with E-state index in [1.807, 2.05) is 18.2 Å². The van der Waals surface area contributed by atoms with Gasteiger partial charge in [-0.3, -0.25) is 4.90 Å². The first-order valence-corrected chi connectivity index (χ1v) is 10.6. The van der Waals surface area contributed by atoms with Crippen molar-refractivity contribution in [3.8, 4) is 34.1 Å². The first kappa shape index (κ1) is 21.3. The van der Waals surface area contributed by atoms with Crippen molar-refractivity contribution in [2.75, 3.05) is 28.4 Å². The molecule has 0 fully saturated rings. The molecule has 4 rings (SSSR count). The van der Waals surface area contributed by atoms with E-state index in [0.717, 1.165) is 62.3 Å². The normalized spacial score (nSPS) is 18.7. The van der Waals surface area contributed by atoms with E-state index in [1.165, 1.54) is 0 Å². The zero-order valence-electron chi connectivity index (χ0n) is 19.4. The van der Waals surface area contributed by atoms with Crippen LogP contribution in [0.25, 0.3) is 21.9 Å². The van der Waals surface area contributed by atoms with Gasteiger partial charge in [0.2, 0.25) is 0 Å². The Morgan fingerprint density at radius 3 is 2.26 bits per heavy atom. The minimum absolute atomic E-state index is 0.174. The number of rotatable bonds is 4. The Morgan fingerprint density at radius 1 is 0.935 bits per heavy atom. The van der Waals surface area contributed by atoms with Gasteiger partial charge in [0.25, 0.3) is 0 Å². The van der Waals surface area contributed by atoms with Crippen molar-refractivity contribution < 1.29 is 19.3 Å². The molecule has 0 bridgehead atoms. The molecule has 3 aromatic carbocycles. The van der Waals surface area contributed by atoms with Gasteiger partial charge in [0.15, 0.2) is 0 Å². The largest absolute Gasteiger partial charge is 0.507 e. The number of fused-ring (bicyclic) bond motifs is 2. The van der Waals surface area contributed by atoms with Crippen LogP contribution < -0.4 is 14.2 Å². The Morgan fingerprint density at radius 2 is 1.61 bits per heavy atom. The van der Waals surface area contributed by atoms with E-state index < -0.39 is 0 Å². The number of phenolic OH excluding ortho intramolecular Hbond substituents is 1. The van der Waals surface area contributed by atoms with E-state index in [2.05, 4.69) is 38.8 Å². The first-order chi connectivity index (χ1) is 14.8. The number of likely N-dealkylation sites (N-methyl/N-ethyl adjacent to an activating group) is 1. The van der Waals surface area contributed by atoms with E-state index in [0.29, 0.717) is 6.04 Å². The summed E-state index contributed by atoms with van der Waals surface area (Å²) in [6, 6.07) is 10.3. The average Bonchev–Trinajstić information content (AvgIpc) is 2.76. The maximum atomic E-state index is 11.3. The highest BCUT2D eigenvalue weighted by molar-refractivity contribution is 6.06. The molecular formula is C26H31NO4. The Labute approximate surface area is 184 Å². The van der Waals surface area contributed by atoms with E-state index >= 15 is 0 Å². The Hall–Kier alpha value is -2.92. The van der Waals surface area contributed by atoms with Gasteiger partial charge in [0.05, 0.1) is 26.7 Å². The molecule has 0 spiro atoms. The van der Waals surface area contributed by atoms with Crippen LogP contribution >= 0.6 is 0 Å². The monoisotopic (exact) mass is 421 g/mol. The van der Waals surface area contributed by atoms with Crippen LogP contribution in [-0.4, -0.2) is 44.4 Å². The topological polar surface area (TPSA) is 51.2 Å². The van der Waals surface area contributed by atoms with Gasteiger partial charge in [0.1, 0.15) is 23.0 Å². The molecule has 1 N–H and O–H groups in total. The van der Waals surface area contributed by atoms with Crippen molar-refractivity contribution in [2.45, 2.75) is 39.3 Å². The van der Waals surface area contributed by atoms with Crippen molar-refractivity contribution in [2.24, 2.45) is 0 Å². The van der Waals surface area contributed by atoms with Crippen molar-refractivity contribution in [1.29, 1.82) is 0 Å². The molecule has 164 valence electrons. The molecule has 1 aliphatic heterocycles. The van der Waals surface area contributed by atoms with Gasteiger partial charge < -0.3 is 19.3 Å². The molecule has 1 heterocycles. The number of aromatic hydroxyl groups is 1. The third-order valence-electron chi connectivity index (χ3n) is 6.83. The number of hydrogen-bond donors (Lipinski definition) is 1. The lowest BCUT2D eigenvalue weighted by Gasteiger charge is -2.39. The van der Waals surface area contributed by atoms with Crippen LogP contribution in [0.4, 0.5) is 0 Å². The van der Waals surface area contributed by atoms with Gasteiger partial charge >= 0.3 is 0 Å². The van der Waals surface area contributed by atoms with Gasteiger partial charge in [-0.1, -0.05) is 12.1 Å². The van der Waals surface area contributed by atoms with Crippen LogP contribution in [0.1, 0.15) is 36.6 Å². The lowest BCUT2D eigenvalue weighted by atomic mass is 9.81. The smallest absolute Gasteiger partial charge is 0.130 e. The third kappa shape index (κ3) is 3.19. The Balaban J connectivity index is 2.15. The van der Waals surface area contributed by atoms with E-state index in [9.17, 15) is 5.11 Å². The van der Waals surface area contributed by atoms with Gasteiger partial charge in [-0.2, -0.15) is 0 Å². The maximum absolute atomic E-state index is 11.3. The Bertz CT molecular complexity index is 1150. The molecule has 0 amide bonds. The van der Waals surface area contributed by atoms with Gasteiger partial charge in [-0.05, 0) is 68.4 Å². The quantitative estimate of drug-likeness (QED) is 0.604. The second kappa shape index (κ2) is 7.97. The van der Waals surface area contributed by atoms with Crippen LogP contribution in [0.3, 0.4) is 0 Å². The summed E-state index contributed by atoms with van der Waals surface area (Å²) >= 11 is 0. The standard InChI is InChI=1S/C26H31NO4/c1-14-11-21(30-6)26-17(9-8-10-20(26)29-5)23(14)25-18-12-15(2)27(4)16(3)24(18)22(31-7)13-19(25)28/h8-11,13,15-16,28H,12H2,1-7H3/t15-,16-/m1/s1. The highest BCUT2D eigenvalue weighted by Crippen LogP contribution is 2.50. The fourth-order valence-electron chi connectivity index (χ4n) is 5.06. The van der Waals surface area contributed by atoms with E-state index in [-0.39, 0.29) is 11.8 Å². The highest BCUT2D eigenvalue weighted by atomic mass is 16.5. The molecular weight excluding hydrogens is 390 g/mol. The number of ether oxygens (including phenoxy) is 3. The van der Waals surface area contributed by atoms with E-state index in [4.69, 9.17) is 14.2 Å². The summed E-state index contributed by atoms with van der Waals surface area (Å²) in [5.41, 5.74) is 5.21. The minimum atomic E-state index is 0.174. The molecule has 0 radical (unpaired) electrons. The summed E-state index contributed by atoms with van der Waals surface area (Å²) in [5, 5.41) is 13.2. The number of nitrogens with zero attached hydrogens (tertiary/aromatic N) is 1. The molecule has 0 unspecified atom stereocenters. The summed E-state index contributed by atoms with van der Waals surface area (Å²) < 4.78 is 17.1. The molecule has 3 aromatic rings. The number of phenols is 1. The molecule has 5 nitrogen and oxygen atoms in total. The van der Waals surface area contributed by atoms with Crippen molar-refractivity contribution in [3.05, 3.63) is 47.0 Å². The fraction of sp³-hybridized carbons (Fsp3) is 0.385. The van der Waals surface area contributed by atoms with Gasteiger partial charge in [0, 0.05) is 29.3 Å². The third-order valence-corrected chi connectivity index (χ3v) is 6.83. The Kier molecular flexibility index (Phi) is 5.48. The minimum Gasteiger partial charge on any atom is -0.507 e. The molecule has 0 saturated heterocycles. The number of hydrogen-bond acceptors (Lipinski definition) is 5. The predicted molar refractivity (Wildman–Crippen MR) is 125 cm³/mol. The van der Waals surface area contributed by atoms with Crippen LogP contribution in [-0.2, 0) is 6.42 Å².